The number of rotatable bonds is 6. The summed E-state index contributed by atoms with van der Waals surface area (Å²) in [6.45, 7) is 0.0890. The largest absolute Gasteiger partial charge is 0.266 e. The third-order valence-corrected chi connectivity index (χ3v) is 7.84. The summed E-state index contributed by atoms with van der Waals surface area (Å²) >= 11 is 8.96. The molecule has 0 fully saturated rings. The molecule has 0 unspecified atom stereocenters. The lowest BCUT2D eigenvalue weighted by Gasteiger charge is -2.20. The highest BCUT2D eigenvalue weighted by atomic mass is 35.5. The zero-order chi connectivity index (χ0) is 19.6. The molecule has 0 aliphatic heterocycles. The third-order valence-electron chi connectivity index (χ3n) is 3.93. The molecular formula is C19H14ClN3O2S3. The summed E-state index contributed by atoms with van der Waals surface area (Å²) < 4.78 is 27.7. The summed E-state index contributed by atoms with van der Waals surface area (Å²) in [5, 5.41) is 5.35. The van der Waals surface area contributed by atoms with Gasteiger partial charge < -0.3 is 0 Å². The molecule has 0 saturated carbocycles. The van der Waals surface area contributed by atoms with Gasteiger partial charge in [0.15, 0.2) is 5.13 Å². The molecule has 4 rings (SSSR count). The number of nitrogens with zero attached hydrogens (tertiary/aromatic N) is 3. The van der Waals surface area contributed by atoms with Gasteiger partial charge >= 0.3 is 0 Å². The summed E-state index contributed by atoms with van der Waals surface area (Å²) in [5.74, 6) is 0. The first-order chi connectivity index (χ1) is 13.6. The predicted molar refractivity (Wildman–Crippen MR) is 114 cm³/mol. The van der Waals surface area contributed by atoms with Crippen molar-refractivity contribution < 1.29 is 8.42 Å². The van der Waals surface area contributed by atoms with Gasteiger partial charge in [-0.3, -0.25) is 0 Å². The first-order valence-corrected chi connectivity index (χ1v) is 11.8. The summed E-state index contributed by atoms with van der Waals surface area (Å²) in [7, 11) is -3.77. The monoisotopic (exact) mass is 447 g/mol. The average Bonchev–Trinajstić information content (AvgIpc) is 3.39. The van der Waals surface area contributed by atoms with Gasteiger partial charge in [-0.05, 0) is 18.2 Å². The number of hydrogen-bond donors (Lipinski definition) is 0. The van der Waals surface area contributed by atoms with Gasteiger partial charge in [0.25, 0.3) is 10.0 Å². The van der Waals surface area contributed by atoms with E-state index in [0.717, 1.165) is 10.6 Å². The van der Waals surface area contributed by atoms with Gasteiger partial charge in [0.2, 0.25) is 0 Å². The Kier molecular flexibility index (Phi) is 5.45. The molecule has 28 heavy (non-hydrogen) atoms. The molecule has 0 aliphatic rings. The van der Waals surface area contributed by atoms with Crippen LogP contribution in [0.1, 0.15) is 5.69 Å². The second kappa shape index (κ2) is 8.00. The summed E-state index contributed by atoms with van der Waals surface area (Å²) in [5.41, 5.74) is 1.46. The molecule has 142 valence electrons. The van der Waals surface area contributed by atoms with Crippen molar-refractivity contribution in [1.82, 2.24) is 9.97 Å². The van der Waals surface area contributed by atoms with Crippen molar-refractivity contribution in [3.05, 3.63) is 82.3 Å². The minimum atomic E-state index is -3.77. The maximum absolute atomic E-state index is 13.2. The van der Waals surface area contributed by atoms with Crippen LogP contribution in [0.15, 0.2) is 76.4 Å². The van der Waals surface area contributed by atoms with Crippen LogP contribution in [0.4, 0.5) is 5.13 Å². The van der Waals surface area contributed by atoms with E-state index in [1.807, 2.05) is 23.6 Å². The Hall–Kier alpha value is -2.26. The van der Waals surface area contributed by atoms with Gasteiger partial charge in [-0.1, -0.05) is 48.0 Å². The highest BCUT2D eigenvalue weighted by molar-refractivity contribution is 7.93. The van der Waals surface area contributed by atoms with E-state index in [4.69, 9.17) is 11.6 Å². The molecule has 2 heterocycles. The number of halogens is 1. The summed E-state index contributed by atoms with van der Waals surface area (Å²) in [6, 6.07) is 15.8. The van der Waals surface area contributed by atoms with Crippen molar-refractivity contribution in [1.29, 1.82) is 0 Å². The Bertz CT molecular complexity index is 1180. The van der Waals surface area contributed by atoms with Gasteiger partial charge in [-0.15, -0.1) is 22.7 Å². The van der Waals surface area contributed by atoms with Crippen LogP contribution in [0.2, 0.25) is 5.02 Å². The number of sulfonamides is 1. The third kappa shape index (κ3) is 3.81. The Morgan fingerprint density at radius 3 is 2.46 bits per heavy atom. The van der Waals surface area contributed by atoms with Crippen molar-refractivity contribution in [3.8, 4) is 10.6 Å². The number of anilines is 1. The minimum absolute atomic E-state index is 0.0890. The Balaban J connectivity index is 1.70. The van der Waals surface area contributed by atoms with Crippen LogP contribution in [0, 0.1) is 0 Å². The summed E-state index contributed by atoms with van der Waals surface area (Å²) in [4.78, 5) is 9.02. The fourth-order valence-electron chi connectivity index (χ4n) is 2.60. The zero-order valence-electron chi connectivity index (χ0n) is 14.4. The van der Waals surface area contributed by atoms with Crippen molar-refractivity contribution in [2.75, 3.05) is 4.31 Å². The van der Waals surface area contributed by atoms with Gasteiger partial charge in [0.05, 0.1) is 22.2 Å². The van der Waals surface area contributed by atoms with Crippen LogP contribution in [-0.2, 0) is 16.6 Å². The van der Waals surface area contributed by atoms with Crippen molar-refractivity contribution in [2.45, 2.75) is 11.4 Å². The van der Waals surface area contributed by atoms with E-state index in [2.05, 4.69) is 9.97 Å². The van der Waals surface area contributed by atoms with Crippen LogP contribution in [0.3, 0.4) is 0 Å². The molecule has 0 bridgehead atoms. The lowest BCUT2D eigenvalue weighted by atomic mass is 10.2. The van der Waals surface area contributed by atoms with Gasteiger partial charge in [0.1, 0.15) is 5.01 Å². The number of thiazole rings is 2. The summed E-state index contributed by atoms with van der Waals surface area (Å²) in [6.07, 6.45) is 1.59. The van der Waals surface area contributed by atoms with Gasteiger partial charge in [-0.2, -0.15) is 0 Å². The molecule has 0 atom stereocenters. The molecule has 0 amide bonds. The first kappa shape index (κ1) is 19.1. The molecule has 4 aromatic rings. The molecule has 0 saturated heterocycles. The maximum atomic E-state index is 13.2. The Morgan fingerprint density at radius 2 is 1.75 bits per heavy atom. The Labute approximate surface area is 176 Å². The maximum Gasteiger partial charge on any atom is 0.266 e. The quantitative estimate of drug-likeness (QED) is 0.401. The molecule has 0 radical (unpaired) electrons. The molecular weight excluding hydrogens is 434 g/mol. The van der Waals surface area contributed by atoms with E-state index in [9.17, 15) is 8.42 Å². The van der Waals surface area contributed by atoms with E-state index in [1.165, 1.54) is 27.0 Å². The van der Waals surface area contributed by atoms with Crippen LogP contribution in [0.5, 0.6) is 0 Å². The number of hydrogen-bond acceptors (Lipinski definition) is 6. The highest BCUT2D eigenvalue weighted by Gasteiger charge is 2.27. The number of benzene rings is 2. The van der Waals surface area contributed by atoms with Crippen LogP contribution in [-0.4, -0.2) is 18.4 Å². The van der Waals surface area contributed by atoms with Crippen LogP contribution >= 0.6 is 34.3 Å². The fraction of sp³-hybridized carbons (Fsp3) is 0.0526. The van der Waals surface area contributed by atoms with E-state index in [0.29, 0.717) is 15.8 Å². The van der Waals surface area contributed by atoms with Crippen molar-refractivity contribution >= 4 is 49.4 Å². The lowest BCUT2D eigenvalue weighted by molar-refractivity contribution is 0.590. The van der Waals surface area contributed by atoms with E-state index >= 15 is 0 Å². The Morgan fingerprint density at radius 1 is 1.00 bits per heavy atom. The SMILES string of the molecule is O=S(=O)(c1ccccc1)N(Cc1csc(-c2ccccc2Cl)n1)c1nccs1. The smallest absolute Gasteiger partial charge is 0.239 e. The number of aromatic nitrogens is 2. The van der Waals surface area contributed by atoms with Crippen LogP contribution < -0.4 is 4.31 Å². The molecule has 0 N–H and O–H groups in total. The lowest BCUT2D eigenvalue weighted by Crippen LogP contribution is -2.30. The first-order valence-electron chi connectivity index (χ1n) is 8.22. The molecule has 5 nitrogen and oxygen atoms in total. The van der Waals surface area contributed by atoms with Gasteiger partial charge in [0, 0.05) is 22.5 Å². The average molecular weight is 448 g/mol. The normalized spacial score (nSPS) is 11.5. The fourth-order valence-corrected chi connectivity index (χ4v) is 6.01. The topological polar surface area (TPSA) is 63.2 Å². The van der Waals surface area contributed by atoms with Crippen molar-refractivity contribution in [3.63, 3.8) is 0 Å². The molecule has 0 aliphatic carbocycles. The van der Waals surface area contributed by atoms with Crippen LogP contribution in [0.25, 0.3) is 10.6 Å². The van der Waals surface area contributed by atoms with Gasteiger partial charge in [-0.25, -0.2) is 22.7 Å². The standard InChI is InChI=1S/C19H14ClN3O2S3/c20-17-9-5-4-8-16(17)18-22-14(13-27-18)12-23(19-21-10-11-26-19)28(24,25)15-6-2-1-3-7-15/h1-11,13H,12H2. The highest BCUT2D eigenvalue weighted by Crippen LogP contribution is 2.32. The van der Waals surface area contributed by atoms with E-state index in [1.54, 1.807) is 48.0 Å². The van der Waals surface area contributed by atoms with E-state index in [-0.39, 0.29) is 11.4 Å². The predicted octanol–water partition coefficient (Wildman–Crippen LogP) is 5.32. The molecule has 2 aromatic carbocycles. The van der Waals surface area contributed by atoms with Crippen molar-refractivity contribution in [2.24, 2.45) is 0 Å². The minimum Gasteiger partial charge on any atom is -0.239 e. The van der Waals surface area contributed by atoms with E-state index < -0.39 is 10.0 Å². The second-order valence-corrected chi connectivity index (χ2v) is 9.76. The molecule has 9 heteroatoms. The molecule has 0 spiro atoms. The molecule has 2 aromatic heterocycles. The second-order valence-electron chi connectivity index (χ2n) is 5.76. The zero-order valence-corrected chi connectivity index (χ0v) is 17.6.